The maximum absolute atomic E-state index is 12.6. The van der Waals surface area contributed by atoms with Gasteiger partial charge in [0.15, 0.2) is 0 Å². The van der Waals surface area contributed by atoms with E-state index < -0.39 is 0 Å². The van der Waals surface area contributed by atoms with E-state index in [0.29, 0.717) is 18.5 Å². The highest BCUT2D eigenvalue weighted by Gasteiger charge is 2.29. The molecule has 0 bridgehead atoms. The summed E-state index contributed by atoms with van der Waals surface area (Å²) in [5.41, 5.74) is 1.81. The fourth-order valence-electron chi connectivity index (χ4n) is 4.31. The van der Waals surface area contributed by atoms with Gasteiger partial charge in [-0.3, -0.25) is 9.69 Å². The monoisotopic (exact) mass is 430 g/mol. The second kappa shape index (κ2) is 11.5. The first-order valence-electron chi connectivity index (χ1n) is 11.8. The number of nitrogens with zero attached hydrogens (tertiary/aromatic N) is 1. The molecule has 3 rings (SSSR count). The van der Waals surface area contributed by atoms with Crippen LogP contribution in [0.25, 0.3) is 0 Å². The molecule has 7 heteroatoms. The predicted octanol–water partition coefficient (Wildman–Crippen LogP) is 3.53. The van der Waals surface area contributed by atoms with Crippen molar-refractivity contribution in [2.24, 2.45) is 11.8 Å². The maximum Gasteiger partial charge on any atom is 0.315 e. The lowest BCUT2D eigenvalue weighted by Gasteiger charge is -2.38. The average Bonchev–Trinajstić information content (AvgIpc) is 3.63. The van der Waals surface area contributed by atoms with Crippen LogP contribution in [0.2, 0.25) is 0 Å². The van der Waals surface area contributed by atoms with Crippen molar-refractivity contribution < 1.29 is 14.3 Å². The molecule has 31 heavy (non-hydrogen) atoms. The fourth-order valence-corrected chi connectivity index (χ4v) is 4.31. The third-order valence-corrected chi connectivity index (χ3v) is 6.55. The van der Waals surface area contributed by atoms with Gasteiger partial charge in [-0.1, -0.05) is 38.8 Å². The molecule has 1 heterocycles. The van der Waals surface area contributed by atoms with E-state index in [1.54, 1.807) is 0 Å². The molecular weight excluding hydrogens is 392 g/mol. The Labute approximate surface area is 186 Å². The first kappa shape index (κ1) is 23.5. The van der Waals surface area contributed by atoms with E-state index >= 15 is 0 Å². The molecule has 3 amide bonds. The fraction of sp³-hybridized carbons (Fsp3) is 0.667. The average molecular weight is 431 g/mol. The lowest BCUT2D eigenvalue weighted by Crippen LogP contribution is -2.53. The molecule has 3 N–H and O–H groups in total. The van der Waals surface area contributed by atoms with Crippen molar-refractivity contribution in [3.8, 4) is 0 Å². The SMILES string of the molecule is CCC(CC)C(CNC(=O)NC(C)c1ccc(NC(=O)C2CC2)cc1)N1CCOCC1. The van der Waals surface area contributed by atoms with Gasteiger partial charge in [0.1, 0.15) is 0 Å². The number of morpholine rings is 1. The van der Waals surface area contributed by atoms with Crippen molar-refractivity contribution >= 4 is 17.6 Å². The number of hydrogen-bond acceptors (Lipinski definition) is 4. The third-order valence-electron chi connectivity index (χ3n) is 6.55. The molecule has 172 valence electrons. The Hall–Kier alpha value is -2.12. The zero-order chi connectivity index (χ0) is 22.2. The molecule has 1 aliphatic heterocycles. The number of carbonyl (C=O) groups excluding carboxylic acids is 2. The molecule has 2 aliphatic rings. The van der Waals surface area contributed by atoms with Gasteiger partial charge in [-0.2, -0.15) is 0 Å². The molecular formula is C24H38N4O3. The second-order valence-electron chi connectivity index (χ2n) is 8.75. The minimum atomic E-state index is -0.150. The van der Waals surface area contributed by atoms with Crippen LogP contribution in [0.15, 0.2) is 24.3 Å². The van der Waals surface area contributed by atoms with Crippen LogP contribution in [-0.2, 0) is 9.53 Å². The van der Waals surface area contributed by atoms with E-state index in [0.717, 1.165) is 63.2 Å². The Morgan fingerprint density at radius 2 is 1.74 bits per heavy atom. The van der Waals surface area contributed by atoms with E-state index in [2.05, 4.69) is 34.7 Å². The van der Waals surface area contributed by atoms with Crippen LogP contribution >= 0.6 is 0 Å². The molecule has 1 saturated carbocycles. The molecule has 0 spiro atoms. The number of benzene rings is 1. The summed E-state index contributed by atoms with van der Waals surface area (Å²) >= 11 is 0. The Bertz CT molecular complexity index is 710. The number of hydrogen-bond donors (Lipinski definition) is 3. The molecule has 1 aromatic rings. The summed E-state index contributed by atoms with van der Waals surface area (Å²) in [6, 6.07) is 7.75. The molecule has 2 unspecified atom stereocenters. The number of carbonyl (C=O) groups is 2. The number of urea groups is 1. The van der Waals surface area contributed by atoms with Crippen LogP contribution in [-0.4, -0.2) is 55.7 Å². The number of ether oxygens (including phenoxy) is 1. The minimum Gasteiger partial charge on any atom is -0.379 e. The molecule has 1 aromatic carbocycles. The predicted molar refractivity (Wildman–Crippen MR) is 123 cm³/mol. The van der Waals surface area contributed by atoms with Gasteiger partial charge >= 0.3 is 6.03 Å². The van der Waals surface area contributed by atoms with Crippen LogP contribution < -0.4 is 16.0 Å². The molecule has 7 nitrogen and oxygen atoms in total. The van der Waals surface area contributed by atoms with E-state index in [1.807, 2.05) is 31.2 Å². The van der Waals surface area contributed by atoms with Crippen LogP contribution in [0, 0.1) is 11.8 Å². The van der Waals surface area contributed by atoms with Gasteiger partial charge in [0.2, 0.25) is 5.91 Å². The van der Waals surface area contributed by atoms with Crippen molar-refractivity contribution in [1.82, 2.24) is 15.5 Å². The highest BCUT2D eigenvalue weighted by Crippen LogP contribution is 2.30. The van der Waals surface area contributed by atoms with E-state index in [1.165, 1.54) is 0 Å². The van der Waals surface area contributed by atoms with Gasteiger partial charge < -0.3 is 20.7 Å². The Morgan fingerprint density at radius 1 is 1.10 bits per heavy atom. The van der Waals surface area contributed by atoms with Crippen LogP contribution in [0.4, 0.5) is 10.5 Å². The van der Waals surface area contributed by atoms with Crippen LogP contribution in [0.1, 0.15) is 58.1 Å². The van der Waals surface area contributed by atoms with E-state index in [4.69, 9.17) is 4.74 Å². The minimum absolute atomic E-state index is 0.102. The molecule has 0 aromatic heterocycles. The van der Waals surface area contributed by atoms with Crippen molar-refractivity contribution in [2.75, 3.05) is 38.2 Å². The Balaban J connectivity index is 1.49. The summed E-state index contributed by atoms with van der Waals surface area (Å²) in [6.07, 6.45) is 4.18. The topological polar surface area (TPSA) is 82.7 Å². The lowest BCUT2D eigenvalue weighted by atomic mass is 9.92. The van der Waals surface area contributed by atoms with Crippen molar-refractivity contribution in [2.45, 2.75) is 58.5 Å². The Kier molecular flexibility index (Phi) is 8.72. The zero-order valence-corrected chi connectivity index (χ0v) is 19.2. The van der Waals surface area contributed by atoms with Gasteiger partial charge in [0.25, 0.3) is 0 Å². The highest BCUT2D eigenvalue weighted by atomic mass is 16.5. The second-order valence-corrected chi connectivity index (χ2v) is 8.75. The molecule has 2 atom stereocenters. The Morgan fingerprint density at radius 3 is 2.32 bits per heavy atom. The zero-order valence-electron chi connectivity index (χ0n) is 19.2. The first-order chi connectivity index (χ1) is 15.0. The third kappa shape index (κ3) is 6.94. The molecule has 1 saturated heterocycles. The quantitative estimate of drug-likeness (QED) is 0.530. The number of anilines is 1. The standard InChI is InChI=1S/C24H38N4O3/c1-4-18(5-2)22(28-12-14-31-15-13-28)16-25-24(30)26-17(3)19-8-10-21(11-9-19)27-23(29)20-6-7-20/h8-11,17-18,20,22H,4-7,12-16H2,1-3H3,(H,27,29)(H2,25,26,30). The number of rotatable bonds is 10. The molecule has 1 aliphatic carbocycles. The largest absolute Gasteiger partial charge is 0.379 e. The van der Waals surface area contributed by atoms with Crippen LogP contribution in [0.3, 0.4) is 0 Å². The smallest absolute Gasteiger partial charge is 0.315 e. The van der Waals surface area contributed by atoms with Gasteiger partial charge in [0.05, 0.1) is 19.3 Å². The summed E-state index contributed by atoms with van der Waals surface area (Å²) in [4.78, 5) is 26.9. The van der Waals surface area contributed by atoms with Crippen molar-refractivity contribution in [3.05, 3.63) is 29.8 Å². The van der Waals surface area contributed by atoms with Crippen molar-refractivity contribution in [3.63, 3.8) is 0 Å². The van der Waals surface area contributed by atoms with Gasteiger partial charge in [-0.15, -0.1) is 0 Å². The highest BCUT2D eigenvalue weighted by molar-refractivity contribution is 5.94. The van der Waals surface area contributed by atoms with Gasteiger partial charge in [0, 0.05) is 37.3 Å². The van der Waals surface area contributed by atoms with E-state index in [9.17, 15) is 9.59 Å². The van der Waals surface area contributed by atoms with Gasteiger partial charge in [-0.05, 0) is 43.4 Å². The molecule has 0 radical (unpaired) electrons. The number of amides is 3. The first-order valence-corrected chi connectivity index (χ1v) is 11.8. The lowest BCUT2D eigenvalue weighted by molar-refractivity contribution is -0.117. The molecule has 2 fully saturated rings. The summed E-state index contributed by atoms with van der Waals surface area (Å²) in [7, 11) is 0. The van der Waals surface area contributed by atoms with Gasteiger partial charge in [-0.25, -0.2) is 4.79 Å². The number of nitrogens with one attached hydrogen (secondary N) is 3. The van der Waals surface area contributed by atoms with E-state index in [-0.39, 0.29) is 23.9 Å². The summed E-state index contributed by atoms with van der Waals surface area (Å²) in [6.45, 7) is 10.4. The summed E-state index contributed by atoms with van der Waals surface area (Å²) < 4.78 is 5.50. The summed E-state index contributed by atoms with van der Waals surface area (Å²) in [5, 5.41) is 9.08. The van der Waals surface area contributed by atoms with Crippen LogP contribution in [0.5, 0.6) is 0 Å². The normalized spacial score (nSPS) is 19.0. The van der Waals surface area contributed by atoms with Crippen molar-refractivity contribution in [1.29, 1.82) is 0 Å². The maximum atomic E-state index is 12.6. The summed E-state index contributed by atoms with van der Waals surface area (Å²) in [5.74, 6) is 0.838.